The number of aliphatic hydroxyl groups excluding tert-OH is 1. The maximum Gasteiger partial charge on any atom is 0.294 e. The van der Waals surface area contributed by atoms with Crippen LogP contribution in [0.25, 0.3) is 0 Å². The molecular weight excluding hydrogens is 442 g/mol. The molecule has 180 valence electrons. The summed E-state index contributed by atoms with van der Waals surface area (Å²) in [6.07, 6.45) is 4.19. The molecule has 1 unspecified atom stereocenters. The van der Waals surface area contributed by atoms with Gasteiger partial charge < -0.3 is 15.2 Å². The third-order valence-electron chi connectivity index (χ3n) is 4.64. The Labute approximate surface area is 196 Å². The Morgan fingerprint density at radius 1 is 1.09 bits per heavy atom. The molecule has 8 nitrogen and oxygen atoms in total. The van der Waals surface area contributed by atoms with Gasteiger partial charge in [0.25, 0.3) is 10.1 Å². The zero-order valence-electron chi connectivity index (χ0n) is 19.3. The number of hydrogen-bond acceptors (Lipinski definition) is 6. The number of ether oxygens (including phenoxy) is 1. The molecule has 1 atom stereocenters. The van der Waals surface area contributed by atoms with Crippen LogP contribution in [0.2, 0.25) is 0 Å². The van der Waals surface area contributed by atoms with E-state index in [1.54, 1.807) is 18.3 Å². The summed E-state index contributed by atoms with van der Waals surface area (Å²) in [7, 11) is -4.02. The molecule has 0 spiro atoms. The zero-order valence-corrected chi connectivity index (χ0v) is 20.1. The molecule has 0 radical (unpaired) electrons. The van der Waals surface area contributed by atoms with Gasteiger partial charge in [-0.2, -0.15) is 13.5 Å². The van der Waals surface area contributed by atoms with Gasteiger partial charge in [0.15, 0.2) is 0 Å². The average Bonchev–Trinajstić information content (AvgIpc) is 3.29. The smallest absolute Gasteiger partial charge is 0.294 e. The summed E-state index contributed by atoms with van der Waals surface area (Å²) in [4.78, 5) is -0.0666. The lowest BCUT2D eigenvalue weighted by molar-refractivity contribution is 0.104. The Morgan fingerprint density at radius 3 is 2.30 bits per heavy atom. The quantitative estimate of drug-likeness (QED) is 0.386. The first-order valence-corrected chi connectivity index (χ1v) is 12.2. The van der Waals surface area contributed by atoms with Crippen molar-refractivity contribution in [3.8, 4) is 5.75 Å². The first-order chi connectivity index (χ1) is 15.6. The minimum absolute atomic E-state index is 0.0666. The molecule has 33 heavy (non-hydrogen) atoms. The number of aliphatic hydroxyl groups is 1. The molecule has 0 aliphatic heterocycles. The lowest BCUT2D eigenvalue weighted by Gasteiger charge is -2.15. The monoisotopic (exact) mass is 475 g/mol. The molecule has 1 heterocycles. The van der Waals surface area contributed by atoms with Crippen LogP contribution in [-0.2, 0) is 23.1 Å². The molecule has 3 rings (SSSR count). The molecule has 1 aromatic heterocycles. The van der Waals surface area contributed by atoms with Gasteiger partial charge in [0.2, 0.25) is 0 Å². The van der Waals surface area contributed by atoms with Crippen molar-refractivity contribution < 1.29 is 22.8 Å². The van der Waals surface area contributed by atoms with Gasteiger partial charge in [0.1, 0.15) is 18.5 Å². The van der Waals surface area contributed by atoms with Crippen molar-refractivity contribution in [1.82, 2.24) is 15.1 Å². The first kappa shape index (κ1) is 26.5. The molecule has 0 amide bonds. The number of aryl methyl sites for hydroxylation is 3. The van der Waals surface area contributed by atoms with Crippen molar-refractivity contribution in [3.05, 3.63) is 78.1 Å². The molecule has 0 bridgehead atoms. The lowest BCUT2D eigenvalue weighted by atomic mass is 10.1. The van der Waals surface area contributed by atoms with Crippen LogP contribution in [0.4, 0.5) is 0 Å². The highest BCUT2D eigenvalue weighted by molar-refractivity contribution is 7.85. The van der Waals surface area contributed by atoms with Crippen LogP contribution in [0, 0.1) is 6.92 Å². The second kappa shape index (κ2) is 13.1. The maximum absolute atomic E-state index is 10.5. The van der Waals surface area contributed by atoms with Crippen LogP contribution in [0.15, 0.2) is 71.9 Å². The van der Waals surface area contributed by atoms with Crippen LogP contribution >= 0.6 is 0 Å². The van der Waals surface area contributed by atoms with E-state index in [-0.39, 0.29) is 4.90 Å². The number of rotatable bonds is 10. The number of aromatic nitrogens is 2. The van der Waals surface area contributed by atoms with Crippen molar-refractivity contribution in [3.63, 3.8) is 0 Å². The van der Waals surface area contributed by atoms with Gasteiger partial charge in [-0.05, 0) is 49.2 Å². The molecule has 0 aliphatic carbocycles. The minimum Gasteiger partial charge on any atom is -0.491 e. The van der Waals surface area contributed by atoms with Crippen LogP contribution in [0.3, 0.4) is 0 Å². The lowest BCUT2D eigenvalue weighted by Crippen LogP contribution is -2.35. The topological polar surface area (TPSA) is 114 Å². The second-order valence-corrected chi connectivity index (χ2v) is 9.40. The largest absolute Gasteiger partial charge is 0.491 e. The van der Waals surface area contributed by atoms with Crippen molar-refractivity contribution in [2.24, 2.45) is 0 Å². The van der Waals surface area contributed by atoms with Gasteiger partial charge in [-0.15, -0.1) is 0 Å². The third kappa shape index (κ3) is 10.6. The summed E-state index contributed by atoms with van der Waals surface area (Å²) in [6, 6.07) is 16.3. The van der Waals surface area contributed by atoms with Crippen molar-refractivity contribution in [1.29, 1.82) is 0 Å². The number of benzene rings is 2. The molecule has 3 aromatic rings. The normalized spacial score (nSPS) is 12.2. The Kier molecular flexibility index (Phi) is 10.5. The highest BCUT2D eigenvalue weighted by Gasteiger charge is 2.07. The SMILES string of the molecule is CC(C)NCC(O)COc1ccc(CCn2cccn2)cc1.Cc1ccc(S(=O)(=O)O)cc1. The first-order valence-electron chi connectivity index (χ1n) is 10.8. The molecule has 0 saturated carbocycles. The van der Waals surface area contributed by atoms with Crippen molar-refractivity contribution >= 4 is 10.1 Å². The molecule has 3 N–H and O–H groups in total. The number of hydrogen-bond donors (Lipinski definition) is 3. The van der Waals surface area contributed by atoms with E-state index >= 15 is 0 Å². The Morgan fingerprint density at radius 2 is 1.76 bits per heavy atom. The summed E-state index contributed by atoms with van der Waals surface area (Å²) in [5, 5.41) is 17.2. The van der Waals surface area contributed by atoms with Gasteiger partial charge >= 0.3 is 0 Å². The summed E-state index contributed by atoms with van der Waals surface area (Å²) in [5.74, 6) is 0.784. The van der Waals surface area contributed by atoms with Gasteiger partial charge in [-0.3, -0.25) is 9.23 Å². The highest BCUT2D eigenvalue weighted by atomic mass is 32.2. The van der Waals surface area contributed by atoms with E-state index in [0.29, 0.717) is 19.2 Å². The summed E-state index contributed by atoms with van der Waals surface area (Å²) >= 11 is 0. The predicted molar refractivity (Wildman–Crippen MR) is 128 cm³/mol. The van der Waals surface area contributed by atoms with Gasteiger partial charge in [0, 0.05) is 31.5 Å². The van der Waals surface area contributed by atoms with E-state index in [2.05, 4.69) is 36.4 Å². The Bertz CT molecular complexity index is 1030. The van der Waals surface area contributed by atoms with Crippen LogP contribution < -0.4 is 10.1 Å². The van der Waals surface area contributed by atoms with E-state index in [1.165, 1.54) is 17.7 Å². The minimum atomic E-state index is -4.02. The maximum atomic E-state index is 10.5. The van der Waals surface area contributed by atoms with Gasteiger partial charge in [0.05, 0.1) is 4.90 Å². The summed E-state index contributed by atoms with van der Waals surface area (Å²) < 4.78 is 37.1. The second-order valence-electron chi connectivity index (χ2n) is 7.98. The fourth-order valence-corrected chi connectivity index (χ4v) is 3.24. The fraction of sp³-hybridized carbons (Fsp3) is 0.375. The number of nitrogens with one attached hydrogen (secondary N) is 1. The van der Waals surface area contributed by atoms with Crippen LogP contribution in [-0.4, -0.2) is 53.2 Å². The van der Waals surface area contributed by atoms with E-state index in [4.69, 9.17) is 9.29 Å². The van der Waals surface area contributed by atoms with Crippen molar-refractivity contribution in [2.75, 3.05) is 13.2 Å². The molecule has 0 aliphatic rings. The number of nitrogens with zero attached hydrogens (tertiary/aromatic N) is 2. The van der Waals surface area contributed by atoms with E-state index in [0.717, 1.165) is 24.3 Å². The highest BCUT2D eigenvalue weighted by Crippen LogP contribution is 2.13. The molecule has 9 heteroatoms. The zero-order chi connectivity index (χ0) is 24.3. The molecular formula is C24H33N3O5S. The fourth-order valence-electron chi connectivity index (χ4n) is 2.76. The Balaban J connectivity index is 0.000000294. The van der Waals surface area contributed by atoms with E-state index in [1.807, 2.05) is 36.0 Å². The van der Waals surface area contributed by atoms with Crippen LogP contribution in [0.1, 0.15) is 25.0 Å². The summed E-state index contributed by atoms with van der Waals surface area (Å²) in [5.41, 5.74) is 2.20. The standard InChI is InChI=1S/C17H25N3O2.C7H8O3S/c1-14(2)18-12-16(21)13-22-17-6-4-15(5-7-17)8-11-20-10-3-9-19-20;1-6-2-4-7(5-3-6)11(8,9)10/h3-7,9-10,14,16,18,21H,8,11-13H2,1-2H3;2-5H,1H3,(H,8,9,10). The molecule has 2 aromatic carbocycles. The third-order valence-corrected chi connectivity index (χ3v) is 5.50. The predicted octanol–water partition coefficient (Wildman–Crippen LogP) is 3.11. The van der Waals surface area contributed by atoms with Crippen LogP contribution in [0.5, 0.6) is 5.75 Å². The van der Waals surface area contributed by atoms with E-state index in [9.17, 15) is 13.5 Å². The molecule has 0 fully saturated rings. The van der Waals surface area contributed by atoms with Crippen molar-refractivity contribution in [2.45, 2.75) is 50.8 Å². The van der Waals surface area contributed by atoms with Gasteiger partial charge in [-0.1, -0.05) is 43.7 Å². The average molecular weight is 476 g/mol. The van der Waals surface area contributed by atoms with E-state index < -0.39 is 16.2 Å². The molecule has 0 saturated heterocycles. The Hall–Kier alpha value is -2.72. The van der Waals surface area contributed by atoms with Gasteiger partial charge in [-0.25, -0.2) is 0 Å². The summed E-state index contributed by atoms with van der Waals surface area (Å²) in [6.45, 7) is 7.65.